The van der Waals surface area contributed by atoms with Crippen molar-refractivity contribution in [3.63, 3.8) is 0 Å². The van der Waals surface area contributed by atoms with E-state index in [2.05, 4.69) is 35.1 Å². The van der Waals surface area contributed by atoms with Crippen LogP contribution in [-0.2, 0) is 11.8 Å². The smallest absolute Gasteiger partial charge is 0.150 e. The van der Waals surface area contributed by atoms with Gasteiger partial charge < -0.3 is 4.74 Å². The van der Waals surface area contributed by atoms with Crippen molar-refractivity contribution in [3.05, 3.63) is 36.4 Å². The number of hydrogen-bond donors (Lipinski definition) is 1. The van der Waals surface area contributed by atoms with E-state index in [9.17, 15) is 0 Å². The second kappa shape index (κ2) is 7.54. The van der Waals surface area contributed by atoms with Gasteiger partial charge >= 0.3 is 0 Å². The van der Waals surface area contributed by atoms with Gasteiger partial charge in [-0.3, -0.25) is 13.6 Å². The maximum absolute atomic E-state index is 5.51. The van der Waals surface area contributed by atoms with Gasteiger partial charge in [0.2, 0.25) is 0 Å². The highest BCUT2D eigenvalue weighted by Gasteiger charge is 2.28. The minimum atomic E-state index is 0.596. The van der Waals surface area contributed by atoms with E-state index in [0.29, 0.717) is 5.92 Å². The fourth-order valence-corrected chi connectivity index (χ4v) is 5.11. The summed E-state index contributed by atoms with van der Waals surface area (Å²) >= 11 is 4.57. The van der Waals surface area contributed by atoms with Crippen molar-refractivity contribution in [1.82, 2.24) is 23.6 Å². The normalized spacial score (nSPS) is 24.1. The van der Waals surface area contributed by atoms with Crippen LogP contribution < -0.4 is 0 Å². The maximum Gasteiger partial charge on any atom is 0.150 e. The van der Waals surface area contributed by atoms with Gasteiger partial charge in [0.25, 0.3) is 0 Å². The Morgan fingerprint density at radius 3 is 2.57 bits per heavy atom. The molecule has 0 radical (unpaired) electrons. The molecule has 0 amide bonds. The van der Waals surface area contributed by atoms with Crippen LogP contribution in [0.1, 0.15) is 37.2 Å². The Labute approximate surface area is 171 Å². The maximum atomic E-state index is 5.51. The SMILES string of the molecule is Cn1cc(-c2cn(S)c3ncc(C4CCC(N5CCOCC5)CC4)cc23)cn1. The Bertz CT molecular complexity index is 966. The predicted molar refractivity (Wildman–Crippen MR) is 114 cm³/mol. The van der Waals surface area contributed by atoms with Gasteiger partial charge in [-0.15, -0.1) is 0 Å². The van der Waals surface area contributed by atoms with Gasteiger partial charge in [0, 0.05) is 61.3 Å². The van der Waals surface area contributed by atoms with Crippen molar-refractivity contribution >= 4 is 23.8 Å². The van der Waals surface area contributed by atoms with Crippen LogP contribution in [0.3, 0.4) is 0 Å². The summed E-state index contributed by atoms with van der Waals surface area (Å²) in [5.41, 5.74) is 4.52. The minimum absolute atomic E-state index is 0.596. The van der Waals surface area contributed by atoms with E-state index >= 15 is 0 Å². The molecular weight excluding hydrogens is 370 g/mol. The largest absolute Gasteiger partial charge is 0.379 e. The Balaban J connectivity index is 1.38. The lowest BCUT2D eigenvalue weighted by atomic mass is 9.81. The first-order valence-corrected chi connectivity index (χ1v) is 10.6. The molecule has 1 aliphatic carbocycles. The summed E-state index contributed by atoms with van der Waals surface area (Å²) in [6, 6.07) is 3.05. The summed E-state index contributed by atoms with van der Waals surface area (Å²) in [4.78, 5) is 7.38. The Hall–Kier alpha value is -1.83. The van der Waals surface area contributed by atoms with Crippen molar-refractivity contribution in [1.29, 1.82) is 0 Å². The van der Waals surface area contributed by atoms with Crippen molar-refractivity contribution in [3.8, 4) is 11.1 Å². The number of pyridine rings is 1. The van der Waals surface area contributed by atoms with Crippen LogP contribution in [0, 0.1) is 0 Å². The van der Waals surface area contributed by atoms with Gasteiger partial charge in [-0.05, 0) is 43.2 Å². The standard InChI is InChI=1S/C21H27N5OS/c1-24-13-17(12-23-24)20-14-26(28)21-19(20)10-16(11-22-21)15-2-4-18(5-3-15)25-6-8-27-9-7-25/h10-15,18,28H,2-9H2,1H3. The zero-order valence-electron chi connectivity index (χ0n) is 16.3. The Kier molecular flexibility index (Phi) is 4.90. The second-order valence-corrected chi connectivity index (χ2v) is 8.51. The molecule has 4 heterocycles. The zero-order chi connectivity index (χ0) is 19.1. The molecule has 0 N–H and O–H groups in total. The summed E-state index contributed by atoms with van der Waals surface area (Å²) in [7, 11) is 1.94. The Morgan fingerprint density at radius 2 is 1.86 bits per heavy atom. The molecule has 3 aromatic rings. The van der Waals surface area contributed by atoms with Crippen LogP contribution in [0.2, 0.25) is 0 Å². The van der Waals surface area contributed by atoms with Crippen LogP contribution in [0.25, 0.3) is 22.2 Å². The minimum Gasteiger partial charge on any atom is -0.379 e. The van der Waals surface area contributed by atoms with Gasteiger partial charge in [-0.25, -0.2) is 4.98 Å². The quantitative estimate of drug-likeness (QED) is 0.688. The van der Waals surface area contributed by atoms with Gasteiger partial charge in [0.15, 0.2) is 0 Å². The average Bonchev–Trinajstić information content (AvgIpc) is 3.32. The molecule has 1 aliphatic heterocycles. The lowest BCUT2D eigenvalue weighted by molar-refractivity contribution is 0.00729. The summed E-state index contributed by atoms with van der Waals surface area (Å²) in [5.74, 6) is 0.596. The third-order valence-electron chi connectivity index (χ3n) is 6.39. The Morgan fingerprint density at radius 1 is 1.07 bits per heavy atom. The molecule has 0 aromatic carbocycles. The monoisotopic (exact) mass is 397 g/mol. The number of morpholine rings is 1. The van der Waals surface area contributed by atoms with Crippen LogP contribution >= 0.6 is 12.8 Å². The lowest BCUT2D eigenvalue weighted by Gasteiger charge is -2.38. The highest BCUT2D eigenvalue weighted by atomic mass is 32.1. The second-order valence-electron chi connectivity index (χ2n) is 8.08. The van der Waals surface area contributed by atoms with E-state index in [0.717, 1.165) is 54.5 Å². The number of aromatic nitrogens is 4. The molecular formula is C21H27N5OS. The highest BCUT2D eigenvalue weighted by molar-refractivity contribution is 7.78. The average molecular weight is 398 g/mol. The molecule has 0 bridgehead atoms. The summed E-state index contributed by atoms with van der Waals surface area (Å²) in [6.45, 7) is 3.95. The molecule has 7 heteroatoms. The topological polar surface area (TPSA) is 48.1 Å². The number of aryl methyl sites for hydroxylation is 1. The van der Waals surface area contributed by atoms with Gasteiger partial charge in [0.1, 0.15) is 5.65 Å². The predicted octanol–water partition coefficient (Wildman–Crippen LogP) is 3.49. The molecule has 0 spiro atoms. The molecule has 3 aromatic heterocycles. The van der Waals surface area contributed by atoms with Gasteiger partial charge in [-0.2, -0.15) is 5.10 Å². The summed E-state index contributed by atoms with van der Waals surface area (Å²) in [5, 5.41) is 5.49. The lowest BCUT2D eigenvalue weighted by Crippen LogP contribution is -2.44. The van der Waals surface area contributed by atoms with Crippen LogP contribution in [0.4, 0.5) is 0 Å². The van der Waals surface area contributed by atoms with E-state index in [1.54, 1.807) is 0 Å². The van der Waals surface area contributed by atoms with Crippen molar-refractivity contribution in [2.45, 2.75) is 37.6 Å². The van der Waals surface area contributed by atoms with Crippen LogP contribution in [-0.4, -0.2) is 56.0 Å². The molecule has 28 heavy (non-hydrogen) atoms. The molecule has 1 saturated carbocycles. The van der Waals surface area contributed by atoms with E-state index in [4.69, 9.17) is 9.72 Å². The third-order valence-corrected chi connectivity index (χ3v) is 6.70. The fraction of sp³-hybridized carbons (Fsp3) is 0.524. The number of thiol groups is 1. The van der Waals surface area contributed by atoms with E-state index < -0.39 is 0 Å². The molecule has 0 atom stereocenters. The van der Waals surface area contributed by atoms with E-state index in [1.807, 2.05) is 34.3 Å². The van der Waals surface area contributed by atoms with Gasteiger partial charge in [0.05, 0.1) is 19.4 Å². The molecule has 2 fully saturated rings. The molecule has 5 rings (SSSR count). The van der Waals surface area contributed by atoms with Crippen LogP contribution in [0.15, 0.2) is 30.9 Å². The fourth-order valence-electron chi connectivity index (χ4n) is 4.84. The van der Waals surface area contributed by atoms with Crippen molar-refractivity contribution < 1.29 is 4.74 Å². The highest BCUT2D eigenvalue weighted by Crippen LogP contribution is 2.37. The summed E-state index contributed by atoms with van der Waals surface area (Å²) < 4.78 is 9.16. The van der Waals surface area contributed by atoms with E-state index in [1.165, 1.54) is 31.2 Å². The number of ether oxygens (including phenoxy) is 1. The molecule has 6 nitrogen and oxygen atoms in total. The zero-order valence-corrected chi connectivity index (χ0v) is 17.2. The molecule has 0 unspecified atom stereocenters. The number of fused-ring (bicyclic) bond motifs is 1. The van der Waals surface area contributed by atoms with Gasteiger partial charge in [-0.1, -0.05) is 12.8 Å². The first kappa shape index (κ1) is 18.2. The van der Waals surface area contributed by atoms with Crippen LogP contribution in [0.5, 0.6) is 0 Å². The molecule has 148 valence electrons. The van der Waals surface area contributed by atoms with Crippen molar-refractivity contribution in [2.75, 3.05) is 26.3 Å². The molecule has 2 aliphatic rings. The first-order chi connectivity index (χ1) is 13.7. The number of hydrogen-bond acceptors (Lipinski definition) is 5. The van der Waals surface area contributed by atoms with E-state index in [-0.39, 0.29) is 0 Å². The first-order valence-electron chi connectivity index (χ1n) is 10.2. The number of nitrogens with zero attached hydrogens (tertiary/aromatic N) is 5. The van der Waals surface area contributed by atoms with Crippen molar-refractivity contribution in [2.24, 2.45) is 7.05 Å². The third kappa shape index (κ3) is 3.36. The molecule has 1 saturated heterocycles. The number of rotatable bonds is 3. The summed E-state index contributed by atoms with van der Waals surface area (Å²) in [6.07, 6.45) is 13.1.